The summed E-state index contributed by atoms with van der Waals surface area (Å²) in [4.78, 5) is 4.19. The highest BCUT2D eigenvalue weighted by Gasteiger charge is 2.24. The number of hydrogen-bond acceptors (Lipinski definition) is 5. The standard InChI is InChI=1S/C13H22ClN3O3S/c1-4-6-15-13-12(14)9-11(10-16-13)21(18,19)17(5-2)7-8-20-3/h9-10H,4-8H2,1-3H3,(H,15,16). The maximum absolute atomic E-state index is 12.5. The summed E-state index contributed by atoms with van der Waals surface area (Å²) in [7, 11) is -2.07. The van der Waals surface area contributed by atoms with Crippen molar-refractivity contribution in [3.8, 4) is 0 Å². The molecular weight excluding hydrogens is 314 g/mol. The maximum atomic E-state index is 12.5. The van der Waals surface area contributed by atoms with Gasteiger partial charge in [-0.3, -0.25) is 0 Å². The molecule has 0 aliphatic carbocycles. The van der Waals surface area contributed by atoms with E-state index < -0.39 is 10.0 Å². The number of halogens is 1. The van der Waals surface area contributed by atoms with Crippen LogP contribution in [-0.2, 0) is 14.8 Å². The van der Waals surface area contributed by atoms with Crippen molar-refractivity contribution in [3.05, 3.63) is 17.3 Å². The lowest BCUT2D eigenvalue weighted by Gasteiger charge is -2.20. The van der Waals surface area contributed by atoms with Gasteiger partial charge in [-0.05, 0) is 12.5 Å². The number of aromatic nitrogens is 1. The van der Waals surface area contributed by atoms with Crippen LogP contribution in [0.1, 0.15) is 20.3 Å². The molecule has 1 rings (SSSR count). The Morgan fingerprint density at radius 3 is 2.67 bits per heavy atom. The first kappa shape index (κ1) is 18.2. The Morgan fingerprint density at radius 2 is 2.14 bits per heavy atom. The van der Waals surface area contributed by atoms with Crippen molar-refractivity contribution in [2.45, 2.75) is 25.2 Å². The second-order valence-electron chi connectivity index (χ2n) is 4.42. The van der Waals surface area contributed by atoms with E-state index in [1.807, 2.05) is 6.92 Å². The van der Waals surface area contributed by atoms with Crippen molar-refractivity contribution in [2.24, 2.45) is 0 Å². The van der Waals surface area contributed by atoms with Crippen LogP contribution in [0.15, 0.2) is 17.2 Å². The lowest BCUT2D eigenvalue weighted by molar-refractivity contribution is 0.180. The number of sulfonamides is 1. The molecule has 0 aliphatic heterocycles. The molecule has 1 aromatic rings. The van der Waals surface area contributed by atoms with E-state index in [1.54, 1.807) is 6.92 Å². The van der Waals surface area contributed by atoms with Crippen LogP contribution in [0.3, 0.4) is 0 Å². The van der Waals surface area contributed by atoms with Gasteiger partial charge in [-0.1, -0.05) is 25.4 Å². The van der Waals surface area contributed by atoms with Crippen molar-refractivity contribution in [1.29, 1.82) is 0 Å². The van der Waals surface area contributed by atoms with E-state index in [2.05, 4.69) is 10.3 Å². The maximum Gasteiger partial charge on any atom is 0.244 e. The van der Waals surface area contributed by atoms with Crippen molar-refractivity contribution >= 4 is 27.4 Å². The normalized spacial score (nSPS) is 11.9. The molecule has 0 aliphatic rings. The molecule has 0 radical (unpaired) electrons. The molecule has 0 amide bonds. The summed E-state index contributed by atoms with van der Waals surface area (Å²) in [6.07, 6.45) is 2.26. The molecule has 0 unspecified atom stereocenters. The molecule has 120 valence electrons. The Bertz CT molecular complexity index is 552. The highest BCUT2D eigenvalue weighted by Crippen LogP contribution is 2.24. The minimum Gasteiger partial charge on any atom is -0.383 e. The Labute approximate surface area is 131 Å². The van der Waals surface area contributed by atoms with Gasteiger partial charge in [0.2, 0.25) is 10.0 Å². The molecule has 0 bridgehead atoms. The number of hydrogen-bond donors (Lipinski definition) is 1. The first-order valence-electron chi connectivity index (χ1n) is 6.85. The zero-order chi connectivity index (χ0) is 15.9. The molecule has 0 saturated carbocycles. The molecule has 1 heterocycles. The lowest BCUT2D eigenvalue weighted by atomic mass is 10.4. The molecule has 8 heteroatoms. The molecule has 0 fully saturated rings. The molecule has 0 atom stereocenters. The fourth-order valence-corrected chi connectivity index (χ4v) is 3.43. The molecule has 1 N–H and O–H groups in total. The molecule has 0 aromatic carbocycles. The van der Waals surface area contributed by atoms with Crippen LogP contribution in [0.2, 0.25) is 5.02 Å². The topological polar surface area (TPSA) is 71.5 Å². The summed E-state index contributed by atoms with van der Waals surface area (Å²) in [6, 6.07) is 1.43. The van der Waals surface area contributed by atoms with Gasteiger partial charge >= 0.3 is 0 Å². The Morgan fingerprint density at radius 1 is 1.43 bits per heavy atom. The second kappa shape index (κ2) is 8.53. The van der Waals surface area contributed by atoms with Gasteiger partial charge in [-0.15, -0.1) is 0 Å². The number of likely N-dealkylation sites (N-methyl/N-ethyl adjacent to an activating group) is 1. The van der Waals surface area contributed by atoms with Crippen molar-refractivity contribution in [1.82, 2.24) is 9.29 Å². The van der Waals surface area contributed by atoms with Crippen LogP contribution >= 0.6 is 11.6 Å². The number of ether oxygens (including phenoxy) is 1. The molecule has 1 aromatic heterocycles. The van der Waals surface area contributed by atoms with Gasteiger partial charge in [0, 0.05) is 32.9 Å². The number of rotatable bonds is 9. The number of pyridine rings is 1. The van der Waals surface area contributed by atoms with Gasteiger partial charge in [-0.2, -0.15) is 4.31 Å². The van der Waals surface area contributed by atoms with E-state index in [9.17, 15) is 8.42 Å². The quantitative estimate of drug-likeness (QED) is 0.749. The zero-order valence-corrected chi connectivity index (χ0v) is 14.2. The summed E-state index contributed by atoms with van der Waals surface area (Å²) in [6.45, 7) is 5.52. The number of nitrogens with one attached hydrogen (secondary N) is 1. The smallest absolute Gasteiger partial charge is 0.244 e. The minimum absolute atomic E-state index is 0.0903. The van der Waals surface area contributed by atoms with Gasteiger partial charge in [0.1, 0.15) is 10.7 Å². The van der Waals surface area contributed by atoms with Gasteiger partial charge < -0.3 is 10.1 Å². The van der Waals surface area contributed by atoms with Crippen LogP contribution < -0.4 is 5.32 Å². The summed E-state index contributed by atoms with van der Waals surface area (Å²) in [5, 5.41) is 3.35. The highest BCUT2D eigenvalue weighted by atomic mass is 35.5. The third kappa shape index (κ3) is 4.81. The highest BCUT2D eigenvalue weighted by molar-refractivity contribution is 7.89. The van der Waals surface area contributed by atoms with Crippen molar-refractivity contribution in [3.63, 3.8) is 0 Å². The van der Waals surface area contributed by atoms with Gasteiger partial charge in [0.05, 0.1) is 11.6 Å². The first-order valence-corrected chi connectivity index (χ1v) is 8.67. The lowest BCUT2D eigenvalue weighted by Crippen LogP contribution is -2.33. The van der Waals surface area contributed by atoms with E-state index in [-0.39, 0.29) is 4.90 Å². The fourth-order valence-electron chi connectivity index (χ4n) is 1.73. The molecule has 21 heavy (non-hydrogen) atoms. The second-order valence-corrected chi connectivity index (χ2v) is 6.76. The average Bonchev–Trinajstić information content (AvgIpc) is 2.46. The Balaban J connectivity index is 3.00. The molecular formula is C13H22ClN3O3S. The van der Waals surface area contributed by atoms with Crippen LogP contribution in [0, 0.1) is 0 Å². The van der Waals surface area contributed by atoms with Gasteiger partial charge in [0.15, 0.2) is 0 Å². The number of methoxy groups -OCH3 is 1. The van der Waals surface area contributed by atoms with Crippen molar-refractivity contribution in [2.75, 3.05) is 38.7 Å². The van der Waals surface area contributed by atoms with Crippen LogP contribution in [0.5, 0.6) is 0 Å². The van der Waals surface area contributed by atoms with E-state index in [0.29, 0.717) is 30.5 Å². The minimum atomic E-state index is -3.60. The van der Waals surface area contributed by atoms with E-state index in [4.69, 9.17) is 16.3 Å². The average molecular weight is 336 g/mol. The summed E-state index contributed by atoms with van der Waals surface area (Å²) in [5.74, 6) is 0.498. The first-order chi connectivity index (χ1) is 9.97. The van der Waals surface area contributed by atoms with Gasteiger partial charge in [0.25, 0.3) is 0 Å². The predicted molar refractivity (Wildman–Crippen MR) is 84.3 cm³/mol. The third-order valence-electron chi connectivity index (χ3n) is 2.89. The largest absolute Gasteiger partial charge is 0.383 e. The Kier molecular flexibility index (Phi) is 7.37. The number of nitrogens with zero attached hydrogens (tertiary/aromatic N) is 2. The molecule has 0 saturated heterocycles. The summed E-state index contributed by atoms with van der Waals surface area (Å²) in [5.41, 5.74) is 0. The summed E-state index contributed by atoms with van der Waals surface area (Å²) >= 11 is 6.09. The fraction of sp³-hybridized carbons (Fsp3) is 0.615. The predicted octanol–water partition coefficient (Wildman–Crippen LogP) is 2.21. The van der Waals surface area contributed by atoms with Crippen LogP contribution in [0.4, 0.5) is 5.82 Å². The van der Waals surface area contributed by atoms with E-state index >= 15 is 0 Å². The van der Waals surface area contributed by atoms with Crippen molar-refractivity contribution < 1.29 is 13.2 Å². The third-order valence-corrected chi connectivity index (χ3v) is 5.12. The zero-order valence-electron chi connectivity index (χ0n) is 12.6. The van der Waals surface area contributed by atoms with E-state index in [0.717, 1.165) is 13.0 Å². The number of anilines is 1. The SMILES string of the molecule is CCCNc1ncc(S(=O)(=O)N(CC)CCOC)cc1Cl. The molecule has 6 nitrogen and oxygen atoms in total. The van der Waals surface area contributed by atoms with Gasteiger partial charge in [-0.25, -0.2) is 13.4 Å². The van der Waals surface area contributed by atoms with Crippen LogP contribution in [0.25, 0.3) is 0 Å². The summed E-state index contributed by atoms with van der Waals surface area (Å²) < 4.78 is 31.3. The van der Waals surface area contributed by atoms with E-state index in [1.165, 1.54) is 23.7 Å². The molecule has 0 spiro atoms. The van der Waals surface area contributed by atoms with Crippen LogP contribution in [-0.4, -0.2) is 51.1 Å². The monoisotopic (exact) mass is 335 g/mol. The Hall–Kier alpha value is -0.890.